The van der Waals surface area contributed by atoms with Gasteiger partial charge in [0.15, 0.2) is 5.82 Å². The quantitative estimate of drug-likeness (QED) is 0.905. The molecule has 1 saturated heterocycles. The molecule has 0 radical (unpaired) electrons. The van der Waals surface area contributed by atoms with Gasteiger partial charge in [0.1, 0.15) is 5.02 Å². The number of methoxy groups -OCH3 is 1. The molecule has 0 saturated carbocycles. The zero-order valence-corrected chi connectivity index (χ0v) is 13.2. The van der Waals surface area contributed by atoms with Crippen molar-refractivity contribution >= 4 is 17.4 Å². The van der Waals surface area contributed by atoms with E-state index in [1.807, 2.05) is 0 Å². The summed E-state index contributed by atoms with van der Waals surface area (Å²) in [5.41, 5.74) is 0. The van der Waals surface area contributed by atoms with Gasteiger partial charge in [0, 0.05) is 25.2 Å². The summed E-state index contributed by atoms with van der Waals surface area (Å²) in [4.78, 5) is 10.8. The molecule has 0 amide bonds. The van der Waals surface area contributed by atoms with Crippen LogP contribution in [-0.4, -0.2) is 42.3 Å². The standard InChI is InChI=1S/C14H23ClN4O/c1-10(2)16-8-11-6-4-5-7-19(11)13-12(15)9-17-14(18-13)20-3/h9-11,16H,4-8H2,1-3H3. The van der Waals surface area contributed by atoms with Crippen molar-refractivity contribution < 1.29 is 4.74 Å². The Labute approximate surface area is 125 Å². The Morgan fingerprint density at radius 2 is 2.30 bits per heavy atom. The maximum absolute atomic E-state index is 6.27. The van der Waals surface area contributed by atoms with Crippen LogP contribution in [0.2, 0.25) is 5.02 Å². The monoisotopic (exact) mass is 298 g/mol. The number of halogens is 1. The van der Waals surface area contributed by atoms with Crippen LogP contribution in [0.3, 0.4) is 0 Å². The number of nitrogens with one attached hydrogen (secondary N) is 1. The van der Waals surface area contributed by atoms with Crippen LogP contribution in [0.4, 0.5) is 5.82 Å². The van der Waals surface area contributed by atoms with E-state index in [1.165, 1.54) is 12.8 Å². The first-order valence-corrected chi connectivity index (χ1v) is 7.56. The van der Waals surface area contributed by atoms with Crippen LogP contribution in [0, 0.1) is 0 Å². The first-order chi connectivity index (χ1) is 9.61. The number of aromatic nitrogens is 2. The van der Waals surface area contributed by atoms with Crippen LogP contribution in [0.25, 0.3) is 0 Å². The molecule has 1 unspecified atom stereocenters. The highest BCUT2D eigenvalue weighted by Crippen LogP contribution is 2.29. The van der Waals surface area contributed by atoms with Gasteiger partial charge in [-0.25, -0.2) is 4.98 Å². The van der Waals surface area contributed by atoms with Gasteiger partial charge in [-0.2, -0.15) is 4.98 Å². The largest absolute Gasteiger partial charge is 0.467 e. The number of hydrogen-bond donors (Lipinski definition) is 1. The third kappa shape index (κ3) is 3.73. The van der Waals surface area contributed by atoms with E-state index in [2.05, 4.69) is 34.0 Å². The second-order valence-electron chi connectivity index (χ2n) is 5.43. The number of rotatable bonds is 5. The zero-order chi connectivity index (χ0) is 14.5. The lowest BCUT2D eigenvalue weighted by Gasteiger charge is -2.37. The van der Waals surface area contributed by atoms with Crippen molar-refractivity contribution in [1.29, 1.82) is 0 Å². The molecule has 1 fully saturated rings. The predicted octanol–water partition coefficient (Wildman–Crippen LogP) is 2.50. The number of nitrogens with zero attached hydrogens (tertiary/aromatic N) is 3. The van der Waals surface area contributed by atoms with Crippen molar-refractivity contribution in [3.8, 4) is 6.01 Å². The van der Waals surface area contributed by atoms with Crippen molar-refractivity contribution in [3.63, 3.8) is 0 Å². The Morgan fingerprint density at radius 1 is 1.50 bits per heavy atom. The molecule has 2 rings (SSSR count). The van der Waals surface area contributed by atoms with Gasteiger partial charge in [0.25, 0.3) is 0 Å². The lowest BCUT2D eigenvalue weighted by atomic mass is 10.0. The van der Waals surface area contributed by atoms with Crippen LogP contribution in [-0.2, 0) is 0 Å². The maximum Gasteiger partial charge on any atom is 0.318 e. The molecule has 0 aromatic carbocycles. The van der Waals surface area contributed by atoms with Gasteiger partial charge in [0.2, 0.25) is 0 Å². The normalized spacial score (nSPS) is 19.4. The van der Waals surface area contributed by atoms with E-state index in [-0.39, 0.29) is 0 Å². The molecule has 2 heterocycles. The molecular formula is C14H23ClN4O. The first kappa shape index (κ1) is 15.3. The summed E-state index contributed by atoms with van der Waals surface area (Å²) in [6.07, 6.45) is 5.19. The minimum Gasteiger partial charge on any atom is -0.467 e. The molecule has 1 aromatic rings. The van der Waals surface area contributed by atoms with Gasteiger partial charge < -0.3 is 15.0 Å². The molecule has 1 aliphatic rings. The average molecular weight is 299 g/mol. The van der Waals surface area contributed by atoms with Crippen LogP contribution in [0.15, 0.2) is 6.20 Å². The SMILES string of the molecule is COc1ncc(Cl)c(N2CCCCC2CNC(C)C)n1. The Morgan fingerprint density at radius 3 is 3.00 bits per heavy atom. The molecule has 1 N–H and O–H groups in total. The summed E-state index contributed by atoms with van der Waals surface area (Å²) in [6.45, 7) is 6.24. The van der Waals surface area contributed by atoms with Crippen LogP contribution < -0.4 is 15.0 Å². The van der Waals surface area contributed by atoms with E-state index >= 15 is 0 Å². The van der Waals surface area contributed by atoms with Crippen molar-refractivity contribution in [2.24, 2.45) is 0 Å². The summed E-state index contributed by atoms with van der Waals surface area (Å²) >= 11 is 6.27. The fourth-order valence-electron chi connectivity index (χ4n) is 2.51. The second kappa shape index (κ2) is 7.09. The maximum atomic E-state index is 6.27. The Bertz CT molecular complexity index is 441. The number of anilines is 1. The third-order valence-corrected chi connectivity index (χ3v) is 3.81. The summed E-state index contributed by atoms with van der Waals surface area (Å²) in [5.74, 6) is 0.786. The van der Waals surface area contributed by atoms with E-state index in [9.17, 15) is 0 Å². The highest BCUT2D eigenvalue weighted by Gasteiger charge is 2.26. The number of piperidine rings is 1. The minimum atomic E-state index is 0.366. The Hall–Kier alpha value is -1.07. The average Bonchev–Trinajstić information content (AvgIpc) is 2.46. The molecule has 1 aliphatic heterocycles. The zero-order valence-electron chi connectivity index (χ0n) is 12.4. The van der Waals surface area contributed by atoms with Gasteiger partial charge in [-0.15, -0.1) is 0 Å². The summed E-state index contributed by atoms with van der Waals surface area (Å²) < 4.78 is 5.11. The summed E-state index contributed by atoms with van der Waals surface area (Å²) in [6, 6.07) is 1.27. The molecule has 1 atom stereocenters. The first-order valence-electron chi connectivity index (χ1n) is 7.18. The third-order valence-electron chi connectivity index (χ3n) is 3.55. The number of hydrogen-bond acceptors (Lipinski definition) is 5. The summed E-state index contributed by atoms with van der Waals surface area (Å²) in [7, 11) is 1.57. The Balaban J connectivity index is 2.18. The van der Waals surface area contributed by atoms with E-state index in [1.54, 1.807) is 13.3 Å². The van der Waals surface area contributed by atoms with Gasteiger partial charge in [-0.05, 0) is 19.3 Å². The smallest absolute Gasteiger partial charge is 0.318 e. The highest BCUT2D eigenvalue weighted by molar-refractivity contribution is 6.32. The number of ether oxygens (including phenoxy) is 1. The second-order valence-corrected chi connectivity index (χ2v) is 5.84. The fourth-order valence-corrected chi connectivity index (χ4v) is 2.71. The minimum absolute atomic E-state index is 0.366. The molecule has 0 aliphatic carbocycles. The molecule has 20 heavy (non-hydrogen) atoms. The van der Waals surface area contributed by atoms with Gasteiger partial charge in [-0.1, -0.05) is 25.4 Å². The molecular weight excluding hydrogens is 276 g/mol. The van der Waals surface area contributed by atoms with Crippen molar-refractivity contribution in [2.45, 2.75) is 45.2 Å². The fraction of sp³-hybridized carbons (Fsp3) is 0.714. The molecule has 0 spiro atoms. The van der Waals surface area contributed by atoms with Crippen LogP contribution >= 0.6 is 11.6 Å². The van der Waals surface area contributed by atoms with Crippen molar-refractivity contribution in [1.82, 2.24) is 15.3 Å². The van der Waals surface area contributed by atoms with Crippen molar-refractivity contribution in [2.75, 3.05) is 25.1 Å². The lowest BCUT2D eigenvalue weighted by molar-refractivity contribution is 0.376. The molecule has 5 nitrogen and oxygen atoms in total. The van der Waals surface area contributed by atoms with Crippen molar-refractivity contribution in [3.05, 3.63) is 11.2 Å². The Kier molecular flexibility index (Phi) is 5.43. The molecule has 1 aromatic heterocycles. The van der Waals surface area contributed by atoms with Gasteiger partial charge >= 0.3 is 6.01 Å². The molecule has 6 heteroatoms. The van der Waals surface area contributed by atoms with E-state index < -0.39 is 0 Å². The summed E-state index contributed by atoms with van der Waals surface area (Å²) in [5, 5.41) is 4.09. The van der Waals surface area contributed by atoms with Crippen LogP contribution in [0.1, 0.15) is 33.1 Å². The lowest BCUT2D eigenvalue weighted by Crippen LogP contribution is -2.47. The topological polar surface area (TPSA) is 50.3 Å². The van der Waals surface area contributed by atoms with Gasteiger partial charge in [0.05, 0.1) is 13.3 Å². The molecule has 112 valence electrons. The predicted molar refractivity (Wildman–Crippen MR) is 81.7 cm³/mol. The highest BCUT2D eigenvalue weighted by atomic mass is 35.5. The van der Waals surface area contributed by atoms with E-state index in [0.29, 0.717) is 23.1 Å². The van der Waals surface area contributed by atoms with E-state index in [0.717, 1.165) is 25.3 Å². The van der Waals surface area contributed by atoms with Gasteiger partial charge in [-0.3, -0.25) is 0 Å². The molecule has 0 bridgehead atoms. The van der Waals surface area contributed by atoms with Crippen LogP contribution in [0.5, 0.6) is 6.01 Å². The van der Waals surface area contributed by atoms with E-state index in [4.69, 9.17) is 16.3 Å².